The largest absolute Gasteiger partial charge is 0.481 e. The molecule has 0 rings (SSSR count). The Kier molecular flexibility index (Phi) is 5.08. The van der Waals surface area contributed by atoms with Crippen LogP contribution in [0.3, 0.4) is 0 Å². The zero-order valence-corrected chi connectivity index (χ0v) is 7.46. The lowest BCUT2D eigenvalue weighted by atomic mass is 10.2. The number of carbonyl (C=O) groups excluding carboxylic acids is 1. The van der Waals surface area contributed by atoms with Gasteiger partial charge in [-0.25, -0.2) is 0 Å². The topological polar surface area (TPSA) is 66.4 Å². The van der Waals surface area contributed by atoms with E-state index in [2.05, 4.69) is 5.32 Å². The minimum Gasteiger partial charge on any atom is -0.481 e. The number of amides is 1. The molecule has 2 N–H and O–H groups in total. The fourth-order valence-corrected chi connectivity index (χ4v) is 0.670. The Labute approximate surface area is 72.0 Å². The molecule has 0 spiro atoms. The Balaban J connectivity index is 3.54. The van der Waals surface area contributed by atoms with E-state index in [-0.39, 0.29) is 12.5 Å². The summed E-state index contributed by atoms with van der Waals surface area (Å²) in [6.45, 7) is 3.68. The molecule has 4 heteroatoms. The molecule has 0 saturated heterocycles. The monoisotopic (exact) mass is 173 g/mol. The van der Waals surface area contributed by atoms with Crippen LogP contribution in [0.15, 0.2) is 0 Å². The van der Waals surface area contributed by atoms with E-state index in [1.165, 1.54) is 0 Å². The molecular formula is C8H15NO3. The summed E-state index contributed by atoms with van der Waals surface area (Å²) < 4.78 is 0. The minimum absolute atomic E-state index is 0.0781. The van der Waals surface area contributed by atoms with Gasteiger partial charge in [0.05, 0.1) is 5.92 Å². The molecule has 1 atom stereocenters. The number of rotatable bonds is 5. The van der Waals surface area contributed by atoms with Crippen molar-refractivity contribution in [3.8, 4) is 0 Å². The number of hydrogen-bond donors (Lipinski definition) is 2. The van der Waals surface area contributed by atoms with E-state index in [4.69, 9.17) is 5.11 Å². The minimum atomic E-state index is -0.883. The molecule has 0 bridgehead atoms. The molecule has 0 aliphatic heterocycles. The summed E-state index contributed by atoms with van der Waals surface area (Å²) in [6.07, 6.45) is 1.25. The van der Waals surface area contributed by atoms with Gasteiger partial charge in [0.25, 0.3) is 0 Å². The molecule has 0 saturated carbocycles. The van der Waals surface area contributed by atoms with E-state index < -0.39 is 11.9 Å². The summed E-state index contributed by atoms with van der Waals surface area (Å²) >= 11 is 0. The Morgan fingerprint density at radius 1 is 1.50 bits per heavy atom. The maximum Gasteiger partial charge on any atom is 0.308 e. The highest BCUT2D eigenvalue weighted by Gasteiger charge is 2.11. The van der Waals surface area contributed by atoms with Gasteiger partial charge in [-0.15, -0.1) is 0 Å². The van der Waals surface area contributed by atoms with E-state index in [0.717, 1.165) is 6.42 Å². The third-order valence-electron chi connectivity index (χ3n) is 1.50. The highest BCUT2D eigenvalue weighted by molar-refractivity contribution is 5.77. The first-order valence-electron chi connectivity index (χ1n) is 4.07. The number of nitrogens with one attached hydrogen (secondary N) is 1. The normalized spacial score (nSPS) is 12.2. The lowest BCUT2D eigenvalue weighted by Gasteiger charge is -2.07. The molecule has 12 heavy (non-hydrogen) atoms. The van der Waals surface area contributed by atoms with Crippen LogP contribution in [0.4, 0.5) is 0 Å². The number of aliphatic carboxylic acids is 1. The fourth-order valence-electron chi connectivity index (χ4n) is 0.670. The molecule has 0 heterocycles. The van der Waals surface area contributed by atoms with Crippen molar-refractivity contribution in [3.05, 3.63) is 0 Å². The second-order valence-electron chi connectivity index (χ2n) is 2.79. The molecule has 0 aromatic rings. The van der Waals surface area contributed by atoms with Crippen LogP contribution in [-0.4, -0.2) is 23.5 Å². The van der Waals surface area contributed by atoms with Crippen molar-refractivity contribution in [3.63, 3.8) is 0 Å². The molecule has 0 aromatic heterocycles. The van der Waals surface area contributed by atoms with Crippen LogP contribution in [0.25, 0.3) is 0 Å². The van der Waals surface area contributed by atoms with Gasteiger partial charge < -0.3 is 10.4 Å². The maximum absolute atomic E-state index is 10.9. The summed E-state index contributed by atoms with van der Waals surface area (Å²) in [5.74, 6) is -1.47. The Morgan fingerprint density at radius 2 is 2.08 bits per heavy atom. The summed E-state index contributed by atoms with van der Waals surface area (Å²) in [4.78, 5) is 21.2. The van der Waals surface area contributed by atoms with Gasteiger partial charge in [-0.3, -0.25) is 9.59 Å². The number of carbonyl (C=O) groups is 2. The lowest BCUT2D eigenvalue weighted by molar-refractivity contribution is -0.141. The van der Waals surface area contributed by atoms with E-state index in [1.807, 2.05) is 6.92 Å². The second kappa shape index (κ2) is 5.57. The molecule has 1 unspecified atom stereocenters. The standard InChI is InChI=1S/C8H15NO3/c1-3-4-7(10)9-5-6(2)8(11)12/h6H,3-5H2,1-2H3,(H,9,10)(H,11,12). The van der Waals surface area contributed by atoms with Crippen molar-refractivity contribution in [1.29, 1.82) is 0 Å². The fraction of sp³-hybridized carbons (Fsp3) is 0.750. The van der Waals surface area contributed by atoms with Crippen molar-refractivity contribution in [2.75, 3.05) is 6.54 Å². The van der Waals surface area contributed by atoms with Gasteiger partial charge in [-0.2, -0.15) is 0 Å². The van der Waals surface area contributed by atoms with E-state index in [9.17, 15) is 9.59 Å². The zero-order chi connectivity index (χ0) is 9.56. The number of carboxylic acids is 1. The Morgan fingerprint density at radius 3 is 2.50 bits per heavy atom. The quantitative estimate of drug-likeness (QED) is 0.640. The van der Waals surface area contributed by atoms with Crippen molar-refractivity contribution >= 4 is 11.9 Å². The van der Waals surface area contributed by atoms with Gasteiger partial charge in [0.15, 0.2) is 0 Å². The van der Waals surface area contributed by atoms with Gasteiger partial charge >= 0.3 is 5.97 Å². The molecule has 70 valence electrons. The lowest BCUT2D eigenvalue weighted by Crippen LogP contribution is -2.31. The average Bonchev–Trinajstić information content (AvgIpc) is 2.00. The Bertz CT molecular complexity index is 168. The smallest absolute Gasteiger partial charge is 0.308 e. The van der Waals surface area contributed by atoms with Crippen LogP contribution in [0, 0.1) is 5.92 Å². The van der Waals surface area contributed by atoms with Crippen LogP contribution < -0.4 is 5.32 Å². The molecule has 0 aliphatic rings. The van der Waals surface area contributed by atoms with Gasteiger partial charge in [0.2, 0.25) is 5.91 Å². The van der Waals surface area contributed by atoms with Crippen LogP contribution >= 0.6 is 0 Å². The molecule has 0 radical (unpaired) electrons. The van der Waals surface area contributed by atoms with E-state index >= 15 is 0 Å². The number of hydrogen-bond acceptors (Lipinski definition) is 2. The molecular weight excluding hydrogens is 158 g/mol. The zero-order valence-electron chi connectivity index (χ0n) is 7.46. The van der Waals surface area contributed by atoms with E-state index in [1.54, 1.807) is 6.92 Å². The third-order valence-corrected chi connectivity index (χ3v) is 1.50. The molecule has 0 aliphatic carbocycles. The molecule has 0 aromatic carbocycles. The van der Waals surface area contributed by atoms with Gasteiger partial charge in [-0.1, -0.05) is 13.8 Å². The van der Waals surface area contributed by atoms with Crippen molar-refractivity contribution in [2.24, 2.45) is 5.92 Å². The average molecular weight is 173 g/mol. The summed E-state index contributed by atoms with van der Waals surface area (Å²) in [5.41, 5.74) is 0. The van der Waals surface area contributed by atoms with E-state index in [0.29, 0.717) is 6.42 Å². The predicted octanol–water partition coefficient (Wildman–Crippen LogP) is 0.623. The van der Waals surface area contributed by atoms with Crippen LogP contribution in [0.1, 0.15) is 26.7 Å². The SMILES string of the molecule is CCCC(=O)NCC(C)C(=O)O. The third kappa shape index (κ3) is 4.71. The highest BCUT2D eigenvalue weighted by atomic mass is 16.4. The highest BCUT2D eigenvalue weighted by Crippen LogP contribution is 1.92. The first-order chi connectivity index (χ1) is 5.57. The van der Waals surface area contributed by atoms with Gasteiger partial charge in [-0.05, 0) is 6.42 Å². The predicted molar refractivity (Wildman–Crippen MR) is 44.7 cm³/mol. The summed E-state index contributed by atoms with van der Waals surface area (Å²) in [5, 5.41) is 11.0. The summed E-state index contributed by atoms with van der Waals surface area (Å²) in [7, 11) is 0. The first kappa shape index (κ1) is 10.9. The number of carboxylic acid groups (broad SMARTS) is 1. The molecule has 1 amide bonds. The molecule has 4 nitrogen and oxygen atoms in total. The molecule has 0 fully saturated rings. The first-order valence-corrected chi connectivity index (χ1v) is 4.07. The second-order valence-corrected chi connectivity index (χ2v) is 2.79. The van der Waals surface area contributed by atoms with Crippen LogP contribution in [-0.2, 0) is 9.59 Å². The van der Waals surface area contributed by atoms with Crippen LogP contribution in [0.2, 0.25) is 0 Å². The van der Waals surface area contributed by atoms with Crippen molar-refractivity contribution in [2.45, 2.75) is 26.7 Å². The van der Waals surface area contributed by atoms with Crippen LogP contribution in [0.5, 0.6) is 0 Å². The summed E-state index contributed by atoms with van der Waals surface area (Å²) in [6, 6.07) is 0. The maximum atomic E-state index is 10.9. The van der Waals surface area contributed by atoms with Crippen molar-refractivity contribution in [1.82, 2.24) is 5.32 Å². The van der Waals surface area contributed by atoms with Gasteiger partial charge in [0.1, 0.15) is 0 Å². The Hall–Kier alpha value is -1.06. The van der Waals surface area contributed by atoms with Gasteiger partial charge in [0, 0.05) is 13.0 Å². The van der Waals surface area contributed by atoms with Crippen molar-refractivity contribution < 1.29 is 14.7 Å².